The number of aromatic amines is 1. The fourth-order valence-corrected chi connectivity index (χ4v) is 3.53. The van der Waals surface area contributed by atoms with Crippen LogP contribution in [-0.2, 0) is 16.0 Å². The first-order valence-electron chi connectivity index (χ1n) is 6.26. The Morgan fingerprint density at radius 1 is 1.07 bits per heavy atom. The summed E-state index contributed by atoms with van der Waals surface area (Å²) < 4.78 is 99.5. The molecule has 2 rings (SSSR count). The molecule has 2 aromatic rings. The van der Waals surface area contributed by atoms with Gasteiger partial charge in [-0.25, -0.2) is 13.1 Å². The number of hydrogen-bond donors (Lipinski definition) is 1. The van der Waals surface area contributed by atoms with Gasteiger partial charge in [-0.2, -0.15) is 31.6 Å². The molecule has 15 heteroatoms. The van der Waals surface area contributed by atoms with Gasteiger partial charge in [-0.05, 0) is 12.1 Å². The van der Waals surface area contributed by atoms with Crippen LogP contribution in [0.3, 0.4) is 0 Å². The van der Waals surface area contributed by atoms with Crippen molar-refractivity contribution in [1.29, 1.82) is 5.26 Å². The lowest BCUT2D eigenvalue weighted by Gasteiger charge is -2.12. The average Bonchev–Trinajstić information content (AvgIpc) is 2.81. The van der Waals surface area contributed by atoms with E-state index in [0.717, 1.165) is 6.07 Å². The van der Waals surface area contributed by atoms with E-state index in [1.165, 1.54) is 0 Å². The highest BCUT2D eigenvalue weighted by Crippen LogP contribution is 2.37. The van der Waals surface area contributed by atoms with Crippen LogP contribution in [0.15, 0.2) is 21.8 Å². The van der Waals surface area contributed by atoms with Gasteiger partial charge in [0.25, 0.3) is 15.4 Å². The van der Waals surface area contributed by atoms with Crippen LogP contribution < -0.4 is 5.56 Å². The van der Waals surface area contributed by atoms with Gasteiger partial charge in [0, 0.05) is 0 Å². The Kier molecular flexibility index (Phi) is 5.06. The lowest BCUT2D eigenvalue weighted by Crippen LogP contribution is -2.29. The SMILES string of the molecule is N#Cc1[nH]n(-c2c(Cl)cc(C(F)(F)F)cc2Cl)c(=O)c1S(=O)(=O)C(F)(F)F. The van der Waals surface area contributed by atoms with Crippen molar-refractivity contribution in [2.45, 2.75) is 16.6 Å². The lowest BCUT2D eigenvalue weighted by atomic mass is 10.2. The molecule has 1 aromatic heterocycles. The molecule has 27 heavy (non-hydrogen) atoms. The Labute approximate surface area is 155 Å². The van der Waals surface area contributed by atoms with Crippen molar-refractivity contribution in [3.8, 4) is 11.8 Å². The fraction of sp³-hybridized carbons (Fsp3) is 0.167. The van der Waals surface area contributed by atoms with Crippen molar-refractivity contribution in [3.05, 3.63) is 43.8 Å². The summed E-state index contributed by atoms with van der Waals surface area (Å²) >= 11 is 11.3. The zero-order valence-corrected chi connectivity index (χ0v) is 14.5. The van der Waals surface area contributed by atoms with Gasteiger partial charge in [0.15, 0.2) is 10.6 Å². The minimum Gasteiger partial charge on any atom is -0.279 e. The van der Waals surface area contributed by atoms with Crippen molar-refractivity contribution in [3.63, 3.8) is 0 Å². The lowest BCUT2D eigenvalue weighted by molar-refractivity contribution is -0.137. The second-order valence-electron chi connectivity index (χ2n) is 4.80. The maximum Gasteiger partial charge on any atom is 0.502 e. The summed E-state index contributed by atoms with van der Waals surface area (Å²) in [5.41, 5.74) is -11.2. The zero-order chi connectivity index (χ0) is 20.9. The minimum absolute atomic E-state index is 0.0436. The third kappa shape index (κ3) is 3.52. The van der Waals surface area contributed by atoms with E-state index in [4.69, 9.17) is 28.5 Å². The Morgan fingerprint density at radius 2 is 1.56 bits per heavy atom. The number of H-pyrrole nitrogens is 1. The summed E-state index contributed by atoms with van der Waals surface area (Å²) in [7, 11) is -6.25. The molecule has 146 valence electrons. The maximum atomic E-state index is 12.7. The molecule has 0 aliphatic rings. The van der Waals surface area contributed by atoms with E-state index in [1.807, 2.05) is 0 Å². The molecule has 0 atom stereocenters. The van der Waals surface area contributed by atoms with E-state index in [1.54, 1.807) is 5.10 Å². The van der Waals surface area contributed by atoms with Gasteiger partial charge in [0.2, 0.25) is 0 Å². The zero-order valence-electron chi connectivity index (χ0n) is 12.2. The van der Waals surface area contributed by atoms with E-state index < -0.39 is 59.0 Å². The van der Waals surface area contributed by atoms with Crippen LogP contribution in [0.1, 0.15) is 11.3 Å². The molecule has 0 saturated carbocycles. The van der Waals surface area contributed by atoms with E-state index in [2.05, 4.69) is 0 Å². The smallest absolute Gasteiger partial charge is 0.279 e. The first-order valence-corrected chi connectivity index (χ1v) is 8.50. The van der Waals surface area contributed by atoms with Gasteiger partial charge in [0.1, 0.15) is 11.8 Å². The van der Waals surface area contributed by atoms with Crippen molar-refractivity contribution in [2.24, 2.45) is 0 Å². The molecule has 0 saturated heterocycles. The molecule has 0 spiro atoms. The number of aromatic nitrogens is 2. The predicted octanol–water partition coefficient (Wildman–Crippen LogP) is 3.66. The van der Waals surface area contributed by atoms with Crippen LogP contribution in [-0.4, -0.2) is 23.7 Å². The Balaban J connectivity index is 2.86. The number of halogens is 8. The number of benzene rings is 1. The van der Waals surface area contributed by atoms with Crippen molar-refractivity contribution in [1.82, 2.24) is 9.78 Å². The first-order chi connectivity index (χ1) is 12.1. The van der Waals surface area contributed by atoms with Crippen LogP contribution in [0.4, 0.5) is 26.3 Å². The molecule has 1 aromatic carbocycles. The van der Waals surface area contributed by atoms with Crippen LogP contribution in [0.5, 0.6) is 0 Å². The van der Waals surface area contributed by atoms with Gasteiger partial charge < -0.3 is 0 Å². The number of sulfone groups is 1. The minimum atomic E-state index is -6.25. The maximum absolute atomic E-state index is 12.7. The quantitative estimate of drug-likeness (QED) is 0.701. The number of hydrogen-bond acceptors (Lipinski definition) is 4. The second-order valence-corrected chi connectivity index (χ2v) is 7.50. The Hall–Kier alpha value is -2.17. The van der Waals surface area contributed by atoms with Crippen LogP contribution in [0.2, 0.25) is 10.0 Å². The number of nitriles is 1. The molecule has 0 fully saturated rings. The molecule has 0 unspecified atom stereocenters. The summed E-state index contributed by atoms with van der Waals surface area (Å²) in [4.78, 5) is 10.3. The largest absolute Gasteiger partial charge is 0.502 e. The molecule has 1 heterocycles. The van der Waals surface area contributed by atoms with E-state index in [9.17, 15) is 39.6 Å². The molecule has 1 N–H and O–H groups in total. The van der Waals surface area contributed by atoms with Crippen LogP contribution in [0.25, 0.3) is 5.69 Å². The fourth-order valence-electron chi connectivity index (χ4n) is 1.96. The molecule has 0 amide bonds. The Bertz CT molecular complexity index is 1100. The van der Waals surface area contributed by atoms with Gasteiger partial charge in [-0.3, -0.25) is 9.89 Å². The van der Waals surface area contributed by atoms with Crippen molar-refractivity contribution < 1.29 is 34.8 Å². The second kappa shape index (κ2) is 6.47. The summed E-state index contributed by atoms with van der Waals surface area (Å²) in [6, 6.07) is 1.70. The monoisotopic (exact) mass is 453 g/mol. The number of rotatable bonds is 2. The molecular formula is C12H3Cl2F6N3O3S. The highest BCUT2D eigenvalue weighted by molar-refractivity contribution is 7.92. The third-order valence-corrected chi connectivity index (χ3v) is 5.20. The van der Waals surface area contributed by atoms with E-state index >= 15 is 0 Å². The van der Waals surface area contributed by atoms with Crippen LogP contribution >= 0.6 is 23.2 Å². The van der Waals surface area contributed by atoms with Gasteiger partial charge in [-0.1, -0.05) is 23.2 Å². The van der Waals surface area contributed by atoms with E-state index in [-0.39, 0.29) is 4.68 Å². The molecule has 0 bridgehead atoms. The normalized spacial score (nSPS) is 12.9. The molecule has 6 nitrogen and oxygen atoms in total. The topological polar surface area (TPSA) is 95.7 Å². The summed E-state index contributed by atoms with van der Waals surface area (Å²) in [5.74, 6) is 0. The first kappa shape index (κ1) is 21.1. The number of nitrogens with one attached hydrogen (secondary N) is 1. The summed E-state index contributed by atoms with van der Waals surface area (Å²) in [5, 5.41) is 8.92. The average molecular weight is 454 g/mol. The van der Waals surface area contributed by atoms with Gasteiger partial charge in [0.05, 0.1) is 15.6 Å². The number of alkyl halides is 6. The molecular weight excluding hydrogens is 451 g/mol. The molecule has 0 radical (unpaired) electrons. The molecule has 0 aliphatic carbocycles. The Morgan fingerprint density at radius 3 is 1.93 bits per heavy atom. The standard InChI is InChI=1S/C12H3Cl2F6N3O3S/c13-5-1-4(11(15,16)17)2-6(14)8(5)23-10(24)9(7(3-21)22-23)27(25,26)12(18,19)20/h1-2,22H. The van der Waals surface area contributed by atoms with Crippen molar-refractivity contribution >= 4 is 33.0 Å². The predicted molar refractivity (Wildman–Crippen MR) is 79.4 cm³/mol. The number of nitrogens with zero attached hydrogens (tertiary/aromatic N) is 2. The van der Waals surface area contributed by atoms with Gasteiger partial charge in [-0.15, -0.1) is 0 Å². The highest BCUT2D eigenvalue weighted by atomic mass is 35.5. The summed E-state index contributed by atoms with van der Waals surface area (Å²) in [6.45, 7) is 0. The van der Waals surface area contributed by atoms with Crippen molar-refractivity contribution in [2.75, 3.05) is 0 Å². The molecule has 0 aliphatic heterocycles. The third-order valence-electron chi connectivity index (χ3n) is 3.10. The van der Waals surface area contributed by atoms with Crippen LogP contribution in [0, 0.1) is 11.3 Å². The summed E-state index contributed by atoms with van der Waals surface area (Å²) in [6.07, 6.45) is -4.88. The van der Waals surface area contributed by atoms with E-state index in [0.29, 0.717) is 12.1 Å². The van der Waals surface area contributed by atoms with Gasteiger partial charge >= 0.3 is 11.7 Å². The highest BCUT2D eigenvalue weighted by Gasteiger charge is 2.51.